The molecule has 0 saturated heterocycles. The van der Waals surface area contributed by atoms with Gasteiger partial charge in [0.05, 0.1) is 4.92 Å². The number of nitrogens with zero attached hydrogens (tertiary/aromatic N) is 1. The van der Waals surface area contributed by atoms with Crippen LogP contribution in [-0.2, 0) is 6.54 Å². The first-order valence-electron chi connectivity index (χ1n) is 7.14. The molecule has 0 bridgehead atoms. The lowest BCUT2D eigenvalue weighted by molar-refractivity contribution is -0.385. The maximum absolute atomic E-state index is 11.0. The largest absolute Gasteiger partial charge is 0.312 e. The number of hydrogen-bond donors (Lipinski definition) is 1. The van der Waals surface area contributed by atoms with E-state index in [-0.39, 0.29) is 10.6 Å². The van der Waals surface area contributed by atoms with E-state index in [0.29, 0.717) is 12.0 Å². The van der Waals surface area contributed by atoms with Crippen LogP contribution >= 0.6 is 15.9 Å². The smallest absolute Gasteiger partial charge is 0.273 e. The van der Waals surface area contributed by atoms with Crippen LogP contribution in [0, 0.1) is 15.5 Å². The molecule has 1 aliphatic rings. The first-order chi connectivity index (χ1) is 9.50. The van der Waals surface area contributed by atoms with E-state index in [1.54, 1.807) is 12.1 Å². The Morgan fingerprint density at radius 1 is 1.35 bits per heavy atom. The van der Waals surface area contributed by atoms with Gasteiger partial charge in [-0.2, -0.15) is 0 Å². The summed E-state index contributed by atoms with van der Waals surface area (Å²) < 4.78 is 0.878. The van der Waals surface area contributed by atoms with Crippen LogP contribution in [0.15, 0.2) is 22.7 Å². The van der Waals surface area contributed by atoms with E-state index in [9.17, 15) is 10.1 Å². The van der Waals surface area contributed by atoms with Gasteiger partial charge < -0.3 is 5.32 Å². The van der Waals surface area contributed by atoms with Gasteiger partial charge in [0.2, 0.25) is 0 Å². The van der Waals surface area contributed by atoms with Gasteiger partial charge in [-0.1, -0.05) is 42.1 Å². The second-order valence-electron chi connectivity index (χ2n) is 6.01. The van der Waals surface area contributed by atoms with Gasteiger partial charge in [0.1, 0.15) is 0 Å². The first-order valence-corrected chi connectivity index (χ1v) is 7.93. The van der Waals surface area contributed by atoms with Crippen LogP contribution in [-0.4, -0.2) is 11.5 Å². The lowest BCUT2D eigenvalue weighted by Gasteiger charge is -2.33. The van der Waals surface area contributed by atoms with Crippen LogP contribution < -0.4 is 5.32 Å². The van der Waals surface area contributed by atoms with Crippen molar-refractivity contribution in [1.82, 2.24) is 5.32 Å². The second-order valence-corrected chi connectivity index (χ2v) is 6.92. The van der Waals surface area contributed by atoms with Crippen LogP contribution in [0.3, 0.4) is 0 Å². The molecule has 0 radical (unpaired) electrons. The van der Waals surface area contributed by atoms with Crippen LogP contribution in [0.4, 0.5) is 5.69 Å². The monoisotopic (exact) mass is 340 g/mol. The summed E-state index contributed by atoms with van der Waals surface area (Å²) in [5, 5.41) is 14.4. The van der Waals surface area contributed by atoms with Crippen molar-refractivity contribution in [3.8, 4) is 0 Å². The zero-order chi connectivity index (χ0) is 14.6. The third kappa shape index (κ3) is 4.03. The molecule has 2 rings (SSSR count). The van der Waals surface area contributed by atoms with E-state index >= 15 is 0 Å². The third-order valence-electron chi connectivity index (χ3n) is 4.17. The molecule has 1 fully saturated rings. The summed E-state index contributed by atoms with van der Waals surface area (Å²) in [6.45, 7) is 3.79. The third-order valence-corrected chi connectivity index (χ3v) is 4.66. The summed E-state index contributed by atoms with van der Waals surface area (Å²) in [5.41, 5.74) is 1.28. The van der Waals surface area contributed by atoms with Gasteiger partial charge in [0.25, 0.3) is 5.69 Å². The molecule has 1 aromatic carbocycles. The summed E-state index contributed by atoms with van der Waals surface area (Å²) in [6, 6.07) is 5.10. The average Bonchev–Trinajstić information content (AvgIpc) is 2.39. The zero-order valence-corrected chi connectivity index (χ0v) is 13.4. The summed E-state index contributed by atoms with van der Waals surface area (Å²) in [7, 11) is 0. The summed E-state index contributed by atoms with van der Waals surface area (Å²) >= 11 is 3.37. The molecule has 1 aliphatic carbocycles. The molecule has 4 nitrogen and oxygen atoms in total. The highest BCUT2D eigenvalue weighted by Gasteiger charge is 2.26. The minimum Gasteiger partial charge on any atom is -0.312 e. The van der Waals surface area contributed by atoms with Gasteiger partial charge in [0.15, 0.2) is 0 Å². The molecular formula is C15H21BrN2O2. The first kappa shape index (κ1) is 15.4. The lowest BCUT2D eigenvalue weighted by Crippen LogP contribution is -2.33. The standard InChI is InChI=1S/C15H21BrN2O2/c1-15(7-3-2-4-8-15)11-17-10-12-9-13(16)5-6-14(12)18(19)20/h5-6,9,17H,2-4,7-8,10-11H2,1H3. The molecule has 1 saturated carbocycles. The molecule has 0 heterocycles. The molecule has 1 N–H and O–H groups in total. The number of nitrogens with one attached hydrogen (secondary N) is 1. The van der Waals surface area contributed by atoms with Crippen LogP contribution in [0.1, 0.15) is 44.6 Å². The van der Waals surface area contributed by atoms with Gasteiger partial charge in [-0.15, -0.1) is 0 Å². The lowest BCUT2D eigenvalue weighted by atomic mass is 9.76. The normalized spacial score (nSPS) is 17.9. The van der Waals surface area contributed by atoms with Crippen molar-refractivity contribution in [3.05, 3.63) is 38.3 Å². The minimum atomic E-state index is -0.314. The predicted molar refractivity (Wildman–Crippen MR) is 83.7 cm³/mol. The number of halogens is 1. The number of nitro groups is 1. The predicted octanol–water partition coefficient (Wildman–Crippen LogP) is 4.42. The molecular weight excluding hydrogens is 320 g/mol. The van der Waals surface area contributed by atoms with Crippen molar-refractivity contribution in [3.63, 3.8) is 0 Å². The van der Waals surface area contributed by atoms with E-state index in [2.05, 4.69) is 28.2 Å². The number of hydrogen-bond acceptors (Lipinski definition) is 3. The van der Waals surface area contributed by atoms with E-state index in [0.717, 1.165) is 16.6 Å². The highest BCUT2D eigenvalue weighted by Crippen LogP contribution is 2.35. The fourth-order valence-electron chi connectivity index (χ4n) is 2.95. The van der Waals surface area contributed by atoms with E-state index < -0.39 is 0 Å². The molecule has 110 valence electrons. The van der Waals surface area contributed by atoms with Gasteiger partial charge in [-0.05, 0) is 30.4 Å². The Hall–Kier alpha value is -0.940. The second kappa shape index (κ2) is 6.68. The molecule has 5 heteroatoms. The Morgan fingerprint density at radius 2 is 2.05 bits per heavy atom. The average molecular weight is 341 g/mol. The van der Waals surface area contributed by atoms with Crippen molar-refractivity contribution in [2.45, 2.75) is 45.6 Å². The highest BCUT2D eigenvalue weighted by atomic mass is 79.9. The topological polar surface area (TPSA) is 55.2 Å². The van der Waals surface area contributed by atoms with Crippen LogP contribution in [0.25, 0.3) is 0 Å². The van der Waals surface area contributed by atoms with Crippen LogP contribution in [0.2, 0.25) is 0 Å². The maximum Gasteiger partial charge on any atom is 0.273 e. The van der Waals surface area contributed by atoms with Crippen molar-refractivity contribution in [2.75, 3.05) is 6.54 Å². The summed E-state index contributed by atoms with van der Waals surface area (Å²) in [4.78, 5) is 10.7. The Balaban J connectivity index is 1.96. The molecule has 0 aliphatic heterocycles. The van der Waals surface area contributed by atoms with Crippen LogP contribution in [0.5, 0.6) is 0 Å². The molecule has 0 spiro atoms. The van der Waals surface area contributed by atoms with Crippen molar-refractivity contribution in [1.29, 1.82) is 0 Å². The molecule has 0 unspecified atom stereocenters. The molecule has 0 aromatic heterocycles. The zero-order valence-electron chi connectivity index (χ0n) is 11.8. The Kier molecular flexibility index (Phi) is 5.16. The summed E-state index contributed by atoms with van der Waals surface area (Å²) in [6.07, 6.45) is 6.44. The fraction of sp³-hybridized carbons (Fsp3) is 0.600. The Morgan fingerprint density at radius 3 is 2.70 bits per heavy atom. The van der Waals surface area contributed by atoms with Gasteiger partial charge >= 0.3 is 0 Å². The number of rotatable bonds is 5. The van der Waals surface area contributed by atoms with Crippen molar-refractivity contribution < 1.29 is 4.92 Å². The fourth-order valence-corrected chi connectivity index (χ4v) is 3.36. The molecule has 20 heavy (non-hydrogen) atoms. The van der Waals surface area contributed by atoms with Gasteiger partial charge in [0, 0.05) is 29.2 Å². The Labute approximate surface area is 128 Å². The quantitative estimate of drug-likeness (QED) is 0.637. The molecule has 0 atom stereocenters. The van der Waals surface area contributed by atoms with Crippen molar-refractivity contribution >= 4 is 21.6 Å². The summed E-state index contributed by atoms with van der Waals surface area (Å²) in [5.74, 6) is 0. The van der Waals surface area contributed by atoms with E-state index in [1.807, 2.05) is 6.07 Å². The minimum absolute atomic E-state index is 0.189. The number of benzene rings is 1. The van der Waals surface area contributed by atoms with E-state index in [1.165, 1.54) is 32.1 Å². The maximum atomic E-state index is 11.0. The Bertz CT molecular complexity index is 485. The van der Waals surface area contributed by atoms with Gasteiger partial charge in [-0.3, -0.25) is 10.1 Å². The van der Waals surface area contributed by atoms with Gasteiger partial charge in [-0.25, -0.2) is 0 Å². The highest BCUT2D eigenvalue weighted by molar-refractivity contribution is 9.10. The molecule has 1 aromatic rings. The van der Waals surface area contributed by atoms with E-state index in [4.69, 9.17) is 0 Å². The molecule has 0 amide bonds. The van der Waals surface area contributed by atoms with Crippen molar-refractivity contribution in [2.24, 2.45) is 5.41 Å². The SMILES string of the molecule is CC1(CNCc2cc(Br)ccc2[N+](=O)[O-])CCCCC1. The number of nitro benzene ring substituents is 1.